The van der Waals surface area contributed by atoms with Crippen LogP contribution >= 0.6 is 11.8 Å². The number of hydrogen-bond acceptors (Lipinski definition) is 6. The highest BCUT2D eigenvalue weighted by molar-refractivity contribution is 8.14. The van der Waals surface area contributed by atoms with Gasteiger partial charge in [0.05, 0.1) is 7.11 Å². The van der Waals surface area contributed by atoms with Gasteiger partial charge >= 0.3 is 5.97 Å². The molecule has 6 nitrogen and oxygen atoms in total. The van der Waals surface area contributed by atoms with Crippen LogP contribution in [0.1, 0.15) is 23.7 Å². The molecule has 1 fully saturated rings. The number of anilines is 1. The van der Waals surface area contributed by atoms with Crippen molar-refractivity contribution in [2.75, 3.05) is 18.6 Å². The summed E-state index contributed by atoms with van der Waals surface area (Å²) < 4.78 is 4.69. The van der Waals surface area contributed by atoms with Gasteiger partial charge in [-0.15, -0.1) is 0 Å². The van der Waals surface area contributed by atoms with E-state index < -0.39 is 5.97 Å². The summed E-state index contributed by atoms with van der Waals surface area (Å²) in [6, 6.07) is 3.17. The van der Waals surface area contributed by atoms with Crippen molar-refractivity contribution >= 4 is 34.6 Å². The highest BCUT2D eigenvalue weighted by Crippen LogP contribution is 2.29. The Labute approximate surface area is 120 Å². The molecule has 1 saturated heterocycles. The molecular weight excluding hydrogens is 280 g/mol. The molecule has 0 spiro atoms. The fraction of sp³-hybridized carbons (Fsp3) is 0.385. The molecule has 0 aliphatic carbocycles. The van der Waals surface area contributed by atoms with Crippen molar-refractivity contribution in [2.45, 2.75) is 18.6 Å². The predicted molar refractivity (Wildman–Crippen MR) is 74.6 cm³/mol. The van der Waals surface area contributed by atoms with E-state index in [0.29, 0.717) is 6.54 Å². The van der Waals surface area contributed by atoms with Crippen molar-refractivity contribution in [3.63, 3.8) is 0 Å². The maximum atomic E-state index is 12.0. The summed E-state index contributed by atoms with van der Waals surface area (Å²) in [6.07, 6.45) is 1.78. The van der Waals surface area contributed by atoms with Gasteiger partial charge < -0.3 is 4.74 Å². The molecular formula is C13H14N2O4S. The number of aromatic nitrogens is 1. The van der Waals surface area contributed by atoms with Gasteiger partial charge in [-0.3, -0.25) is 14.5 Å². The minimum absolute atomic E-state index is 0.0288. The Hall–Kier alpha value is -1.89. The SMILES string of the molecule is COC(=O)c1cccnc1N1CC(SC(C)=O)CC1=O. The summed E-state index contributed by atoms with van der Waals surface area (Å²) in [4.78, 5) is 40.4. The van der Waals surface area contributed by atoms with E-state index in [4.69, 9.17) is 0 Å². The Morgan fingerprint density at radius 3 is 2.90 bits per heavy atom. The van der Waals surface area contributed by atoms with Gasteiger partial charge in [-0.25, -0.2) is 9.78 Å². The molecule has 1 aliphatic heterocycles. The van der Waals surface area contributed by atoms with E-state index in [9.17, 15) is 14.4 Å². The van der Waals surface area contributed by atoms with Crippen molar-refractivity contribution in [3.8, 4) is 0 Å². The number of esters is 1. The lowest BCUT2D eigenvalue weighted by Gasteiger charge is -2.17. The molecule has 1 atom stereocenters. The van der Waals surface area contributed by atoms with Gasteiger partial charge in [0.15, 0.2) is 5.12 Å². The molecule has 0 N–H and O–H groups in total. The van der Waals surface area contributed by atoms with E-state index >= 15 is 0 Å². The van der Waals surface area contributed by atoms with E-state index in [1.54, 1.807) is 12.1 Å². The lowest BCUT2D eigenvalue weighted by molar-refractivity contribution is -0.117. The molecule has 0 radical (unpaired) electrons. The number of pyridine rings is 1. The molecule has 1 aromatic rings. The summed E-state index contributed by atoms with van der Waals surface area (Å²) in [5.41, 5.74) is 0.247. The molecule has 1 aromatic heterocycles. The minimum Gasteiger partial charge on any atom is -0.465 e. The quantitative estimate of drug-likeness (QED) is 0.781. The summed E-state index contributed by atoms with van der Waals surface area (Å²) in [7, 11) is 1.28. The second-order valence-electron chi connectivity index (χ2n) is 4.31. The highest BCUT2D eigenvalue weighted by Gasteiger charge is 2.34. The van der Waals surface area contributed by atoms with Crippen LogP contribution in [0.15, 0.2) is 18.3 Å². The average molecular weight is 294 g/mol. The van der Waals surface area contributed by atoms with Crippen LogP contribution in [0.3, 0.4) is 0 Å². The first-order valence-electron chi connectivity index (χ1n) is 6.04. The van der Waals surface area contributed by atoms with Gasteiger partial charge in [0.2, 0.25) is 5.91 Å². The monoisotopic (exact) mass is 294 g/mol. The Kier molecular flexibility index (Phi) is 4.39. The molecule has 1 aliphatic rings. The fourth-order valence-electron chi connectivity index (χ4n) is 2.07. The first-order valence-corrected chi connectivity index (χ1v) is 6.91. The first-order chi connectivity index (χ1) is 9.52. The average Bonchev–Trinajstić information content (AvgIpc) is 2.77. The van der Waals surface area contributed by atoms with E-state index in [0.717, 1.165) is 11.8 Å². The number of rotatable bonds is 3. The summed E-state index contributed by atoms with van der Waals surface area (Å²) in [6.45, 7) is 1.84. The number of hydrogen-bond donors (Lipinski definition) is 0. The molecule has 7 heteroatoms. The lowest BCUT2D eigenvalue weighted by Crippen LogP contribution is -2.28. The lowest BCUT2D eigenvalue weighted by atomic mass is 10.2. The first kappa shape index (κ1) is 14.5. The number of carbonyl (C=O) groups is 3. The third-order valence-electron chi connectivity index (χ3n) is 2.87. The van der Waals surface area contributed by atoms with Crippen LogP contribution in [0.25, 0.3) is 0 Å². The number of amides is 1. The van der Waals surface area contributed by atoms with Crippen LogP contribution in [0.4, 0.5) is 5.82 Å². The third-order valence-corrected chi connectivity index (χ3v) is 3.85. The van der Waals surface area contributed by atoms with Crippen LogP contribution in [0.2, 0.25) is 0 Å². The molecule has 1 unspecified atom stereocenters. The highest BCUT2D eigenvalue weighted by atomic mass is 32.2. The number of methoxy groups -OCH3 is 1. The standard InChI is InChI=1S/C13H14N2O4S/c1-8(16)20-9-6-11(17)15(7-9)12-10(13(18)19-2)4-3-5-14-12/h3-5,9H,6-7H2,1-2H3. The van der Waals surface area contributed by atoms with Crippen LogP contribution in [0.5, 0.6) is 0 Å². The van der Waals surface area contributed by atoms with E-state index in [2.05, 4.69) is 9.72 Å². The van der Waals surface area contributed by atoms with E-state index in [1.807, 2.05) is 0 Å². The zero-order valence-electron chi connectivity index (χ0n) is 11.2. The molecule has 2 heterocycles. The van der Waals surface area contributed by atoms with Crippen LogP contribution in [0, 0.1) is 0 Å². The number of ether oxygens (including phenoxy) is 1. The third kappa shape index (κ3) is 2.98. The second kappa shape index (κ2) is 6.04. The smallest absolute Gasteiger partial charge is 0.341 e. The van der Waals surface area contributed by atoms with Gasteiger partial charge in [0.1, 0.15) is 11.4 Å². The normalized spacial score (nSPS) is 18.2. The molecule has 1 amide bonds. The topological polar surface area (TPSA) is 76.6 Å². The van der Waals surface area contributed by atoms with Gasteiger partial charge in [-0.05, 0) is 12.1 Å². The van der Waals surface area contributed by atoms with Gasteiger partial charge in [-0.2, -0.15) is 0 Å². The molecule has 0 saturated carbocycles. The van der Waals surface area contributed by atoms with E-state index in [1.165, 1.54) is 25.1 Å². The fourth-order valence-corrected chi connectivity index (χ4v) is 2.99. The van der Waals surface area contributed by atoms with Crippen LogP contribution in [-0.2, 0) is 14.3 Å². The van der Waals surface area contributed by atoms with Crippen LogP contribution in [-0.4, -0.2) is 40.9 Å². The molecule has 2 rings (SSSR count). The van der Waals surface area contributed by atoms with Crippen molar-refractivity contribution in [3.05, 3.63) is 23.9 Å². The van der Waals surface area contributed by atoms with Gasteiger partial charge in [-0.1, -0.05) is 11.8 Å². The minimum atomic E-state index is -0.538. The predicted octanol–water partition coefficient (Wildman–Crippen LogP) is 1.25. The van der Waals surface area contributed by atoms with Gasteiger partial charge in [0.25, 0.3) is 0 Å². The Morgan fingerprint density at radius 1 is 1.50 bits per heavy atom. The Balaban J connectivity index is 2.26. The zero-order valence-corrected chi connectivity index (χ0v) is 12.0. The van der Waals surface area contributed by atoms with Gasteiger partial charge in [0, 0.05) is 31.3 Å². The van der Waals surface area contributed by atoms with Crippen molar-refractivity contribution in [2.24, 2.45) is 0 Å². The number of thioether (sulfide) groups is 1. The molecule has 0 bridgehead atoms. The maximum absolute atomic E-state index is 12.0. The summed E-state index contributed by atoms with van der Waals surface area (Å²) in [5.74, 6) is -0.396. The number of carbonyl (C=O) groups excluding carboxylic acids is 3. The zero-order chi connectivity index (χ0) is 14.7. The van der Waals surface area contributed by atoms with Crippen molar-refractivity contribution < 1.29 is 19.1 Å². The van der Waals surface area contributed by atoms with E-state index in [-0.39, 0.29) is 34.1 Å². The Morgan fingerprint density at radius 2 is 2.25 bits per heavy atom. The maximum Gasteiger partial charge on any atom is 0.341 e. The van der Waals surface area contributed by atoms with Crippen molar-refractivity contribution in [1.29, 1.82) is 0 Å². The number of nitrogens with zero attached hydrogens (tertiary/aromatic N) is 2. The summed E-state index contributed by atoms with van der Waals surface area (Å²) >= 11 is 1.14. The molecule has 20 heavy (non-hydrogen) atoms. The summed E-state index contributed by atoms with van der Waals surface area (Å²) in [5, 5.41) is -0.133. The molecule has 106 valence electrons. The van der Waals surface area contributed by atoms with Crippen molar-refractivity contribution in [1.82, 2.24) is 4.98 Å². The Bertz CT molecular complexity index is 561. The second-order valence-corrected chi connectivity index (χ2v) is 5.78. The largest absolute Gasteiger partial charge is 0.465 e. The molecule has 0 aromatic carbocycles. The van der Waals surface area contributed by atoms with Crippen LogP contribution < -0.4 is 4.90 Å².